The monoisotopic (exact) mass is 224 g/mol. The first kappa shape index (κ1) is 10.1. The second-order valence-corrected chi connectivity index (χ2v) is 3.42. The summed E-state index contributed by atoms with van der Waals surface area (Å²) in [6.07, 6.45) is 0. The molecule has 5 heteroatoms. The third-order valence-electron chi connectivity index (χ3n) is 2.14. The molecule has 0 aliphatic rings. The third kappa shape index (κ3) is 1.73. The van der Waals surface area contributed by atoms with Gasteiger partial charge in [0.25, 0.3) is 5.56 Å². The van der Waals surface area contributed by atoms with Crippen molar-refractivity contribution in [2.75, 3.05) is 6.61 Å². The molecule has 0 atom stereocenters. The molecule has 2 aromatic rings. The van der Waals surface area contributed by atoms with Gasteiger partial charge < -0.3 is 5.11 Å². The zero-order chi connectivity index (χ0) is 10.8. The average molecular weight is 225 g/mol. The lowest BCUT2D eigenvalue weighted by Gasteiger charge is -2.06. The zero-order valence-electron chi connectivity index (χ0n) is 7.85. The van der Waals surface area contributed by atoms with Crippen molar-refractivity contribution in [1.29, 1.82) is 0 Å². The molecule has 15 heavy (non-hydrogen) atoms. The van der Waals surface area contributed by atoms with E-state index in [1.807, 2.05) is 0 Å². The predicted octanol–water partition coefficient (Wildman–Crippen LogP) is 1.04. The lowest BCUT2D eigenvalue weighted by molar-refractivity contribution is 0.274. The van der Waals surface area contributed by atoms with Crippen molar-refractivity contribution in [3.05, 3.63) is 39.9 Å². The fourth-order valence-corrected chi connectivity index (χ4v) is 1.69. The summed E-state index contributed by atoms with van der Waals surface area (Å²) in [5.41, 5.74) is 0.348. The largest absolute Gasteiger partial charge is 0.395 e. The van der Waals surface area contributed by atoms with E-state index in [1.165, 1.54) is 4.57 Å². The van der Waals surface area contributed by atoms with Gasteiger partial charge in [0, 0.05) is 0 Å². The van der Waals surface area contributed by atoms with Crippen LogP contribution >= 0.6 is 11.6 Å². The van der Waals surface area contributed by atoms with Crippen LogP contribution < -0.4 is 5.56 Å². The molecule has 1 heterocycles. The van der Waals surface area contributed by atoms with Crippen LogP contribution in [-0.4, -0.2) is 21.3 Å². The summed E-state index contributed by atoms with van der Waals surface area (Å²) in [6, 6.07) is 6.98. The minimum atomic E-state index is -0.223. The van der Waals surface area contributed by atoms with Crippen LogP contribution in [0.15, 0.2) is 29.1 Å². The Labute approximate surface area is 90.8 Å². The van der Waals surface area contributed by atoms with E-state index < -0.39 is 0 Å². The molecule has 0 unspecified atom stereocenters. The molecule has 78 valence electrons. The highest BCUT2D eigenvalue weighted by atomic mass is 35.5. The topological polar surface area (TPSA) is 55.1 Å². The third-order valence-corrected chi connectivity index (χ3v) is 2.43. The van der Waals surface area contributed by atoms with Gasteiger partial charge in [-0.05, 0) is 23.7 Å². The van der Waals surface area contributed by atoms with Gasteiger partial charge in [0.1, 0.15) is 0 Å². The Hall–Kier alpha value is -1.39. The molecule has 0 bridgehead atoms. The molecule has 0 amide bonds. The number of hydrogen-bond acceptors (Lipinski definition) is 3. The molecular weight excluding hydrogens is 216 g/mol. The second-order valence-electron chi connectivity index (χ2n) is 3.08. The van der Waals surface area contributed by atoms with E-state index in [2.05, 4.69) is 4.98 Å². The lowest BCUT2D eigenvalue weighted by Crippen LogP contribution is -2.23. The Morgan fingerprint density at radius 2 is 2.13 bits per heavy atom. The molecule has 0 radical (unpaired) electrons. The first-order valence-electron chi connectivity index (χ1n) is 4.50. The maximum absolute atomic E-state index is 11.9. The summed E-state index contributed by atoms with van der Waals surface area (Å²) in [4.78, 5) is 15.9. The molecule has 1 N–H and O–H groups in total. The van der Waals surface area contributed by atoms with Crippen molar-refractivity contribution in [2.24, 2.45) is 0 Å². The fourth-order valence-electron chi connectivity index (χ4n) is 1.43. The molecule has 0 spiro atoms. The number of nitrogens with zero attached hydrogens (tertiary/aromatic N) is 2. The van der Waals surface area contributed by atoms with Crippen molar-refractivity contribution in [3.8, 4) is 0 Å². The smallest absolute Gasteiger partial charge is 0.262 e. The fraction of sp³-hybridized carbons (Fsp3) is 0.200. The number of rotatable bonds is 2. The molecular formula is C10H9ClN2O2. The molecule has 0 fully saturated rings. The summed E-state index contributed by atoms with van der Waals surface area (Å²) in [7, 11) is 0. The van der Waals surface area contributed by atoms with Crippen LogP contribution in [0.4, 0.5) is 0 Å². The minimum Gasteiger partial charge on any atom is -0.395 e. The van der Waals surface area contributed by atoms with E-state index >= 15 is 0 Å². The lowest BCUT2D eigenvalue weighted by atomic mass is 10.2. The first-order chi connectivity index (χ1) is 7.24. The molecule has 1 aromatic heterocycles. The zero-order valence-corrected chi connectivity index (χ0v) is 8.61. The molecule has 4 nitrogen and oxygen atoms in total. The highest BCUT2D eigenvalue weighted by Gasteiger charge is 2.07. The van der Waals surface area contributed by atoms with Gasteiger partial charge in [0.2, 0.25) is 5.28 Å². The van der Waals surface area contributed by atoms with Crippen LogP contribution in [0.3, 0.4) is 0 Å². The number of halogens is 1. The standard InChI is InChI=1S/C10H9ClN2O2/c11-10-12-8-4-2-1-3-7(8)9(15)13(10)5-6-14/h1-4,14H,5-6H2. The van der Waals surface area contributed by atoms with Crippen molar-refractivity contribution in [3.63, 3.8) is 0 Å². The van der Waals surface area contributed by atoms with Gasteiger partial charge >= 0.3 is 0 Å². The molecule has 0 saturated carbocycles. The maximum atomic E-state index is 11.9. The summed E-state index contributed by atoms with van der Waals surface area (Å²) < 4.78 is 1.25. The highest BCUT2D eigenvalue weighted by Crippen LogP contribution is 2.10. The number of hydrogen-bond donors (Lipinski definition) is 1. The maximum Gasteiger partial charge on any atom is 0.262 e. The van der Waals surface area contributed by atoms with E-state index in [-0.39, 0.29) is 24.0 Å². The Kier molecular flexibility index (Phi) is 2.70. The summed E-state index contributed by atoms with van der Waals surface area (Å²) >= 11 is 5.83. The van der Waals surface area contributed by atoms with Gasteiger partial charge in [-0.25, -0.2) is 4.98 Å². The first-order valence-corrected chi connectivity index (χ1v) is 4.88. The summed E-state index contributed by atoms with van der Waals surface area (Å²) in [5, 5.41) is 9.41. The predicted molar refractivity (Wildman–Crippen MR) is 58.1 cm³/mol. The van der Waals surface area contributed by atoms with Gasteiger partial charge in [0.15, 0.2) is 0 Å². The van der Waals surface area contributed by atoms with Crippen LogP contribution in [0.2, 0.25) is 5.28 Å². The van der Waals surface area contributed by atoms with Gasteiger partial charge in [0.05, 0.1) is 24.1 Å². The van der Waals surface area contributed by atoms with Gasteiger partial charge in [-0.3, -0.25) is 9.36 Å². The van der Waals surface area contributed by atoms with Crippen molar-refractivity contribution in [2.45, 2.75) is 6.54 Å². The Balaban J connectivity index is 2.78. The summed E-state index contributed by atoms with van der Waals surface area (Å²) in [6.45, 7) is 0.0230. The number of fused-ring (bicyclic) bond motifs is 1. The molecule has 1 aromatic carbocycles. The van der Waals surface area contributed by atoms with E-state index in [0.717, 1.165) is 0 Å². The molecule has 0 aliphatic heterocycles. The van der Waals surface area contributed by atoms with E-state index in [9.17, 15) is 4.79 Å². The average Bonchev–Trinajstić information content (AvgIpc) is 2.24. The van der Waals surface area contributed by atoms with E-state index in [0.29, 0.717) is 10.9 Å². The van der Waals surface area contributed by atoms with Crippen molar-refractivity contribution < 1.29 is 5.11 Å². The van der Waals surface area contributed by atoms with Crippen LogP contribution in [0.25, 0.3) is 10.9 Å². The molecule has 0 saturated heterocycles. The van der Waals surface area contributed by atoms with Crippen molar-refractivity contribution >= 4 is 22.5 Å². The number of aromatic nitrogens is 2. The Morgan fingerprint density at radius 3 is 2.87 bits per heavy atom. The van der Waals surface area contributed by atoms with Crippen LogP contribution in [-0.2, 0) is 6.54 Å². The van der Waals surface area contributed by atoms with Crippen LogP contribution in [0, 0.1) is 0 Å². The van der Waals surface area contributed by atoms with Gasteiger partial charge in [-0.15, -0.1) is 0 Å². The van der Waals surface area contributed by atoms with E-state index in [1.54, 1.807) is 24.3 Å². The molecule has 0 aliphatic carbocycles. The van der Waals surface area contributed by atoms with Crippen LogP contribution in [0.1, 0.15) is 0 Å². The van der Waals surface area contributed by atoms with Crippen molar-refractivity contribution in [1.82, 2.24) is 9.55 Å². The molecule has 2 rings (SSSR count). The highest BCUT2D eigenvalue weighted by molar-refractivity contribution is 6.28. The second kappa shape index (κ2) is 4.00. The number of para-hydroxylation sites is 1. The number of aliphatic hydroxyl groups excluding tert-OH is 1. The minimum absolute atomic E-state index is 0.104. The summed E-state index contributed by atoms with van der Waals surface area (Å²) in [5.74, 6) is 0. The quantitative estimate of drug-likeness (QED) is 0.776. The Bertz CT molecular complexity index is 551. The Morgan fingerprint density at radius 1 is 1.40 bits per heavy atom. The van der Waals surface area contributed by atoms with Gasteiger partial charge in [-0.2, -0.15) is 0 Å². The van der Waals surface area contributed by atoms with Gasteiger partial charge in [-0.1, -0.05) is 12.1 Å². The van der Waals surface area contributed by atoms with E-state index in [4.69, 9.17) is 16.7 Å². The normalized spacial score (nSPS) is 10.8. The van der Waals surface area contributed by atoms with Crippen LogP contribution in [0.5, 0.6) is 0 Å². The number of benzene rings is 1. The SMILES string of the molecule is O=c1c2ccccc2nc(Cl)n1CCO. The number of aliphatic hydroxyl groups is 1.